The molecule has 0 unspecified atom stereocenters. The number of Topliss-reactive ketones (excluding diaryl/α,β-unsaturated/α-hetero) is 1. The lowest BCUT2D eigenvalue weighted by Crippen LogP contribution is -2.54. The van der Waals surface area contributed by atoms with Gasteiger partial charge >= 0.3 is 12.1 Å². The second-order valence-electron chi connectivity index (χ2n) is 11.7. The molecule has 4 rings (SSSR count). The van der Waals surface area contributed by atoms with Crippen LogP contribution in [0.1, 0.15) is 44.0 Å². The zero-order valence-corrected chi connectivity index (χ0v) is 26.9. The summed E-state index contributed by atoms with van der Waals surface area (Å²) in [7, 11) is 0. The zero-order chi connectivity index (χ0) is 33.6. The maximum Gasteiger partial charge on any atom is 0.408 e. The number of para-hydroxylation sites is 2. The lowest BCUT2D eigenvalue weighted by Gasteiger charge is -2.27. The first-order chi connectivity index (χ1) is 21.7. The van der Waals surface area contributed by atoms with E-state index in [2.05, 4.69) is 16.0 Å². The molecule has 3 N–H and O–H groups in total. The first-order valence-electron chi connectivity index (χ1n) is 14.5. The molecule has 0 saturated carbocycles. The van der Waals surface area contributed by atoms with Crippen molar-refractivity contribution < 1.29 is 43.0 Å². The smallest absolute Gasteiger partial charge is 0.408 e. The van der Waals surface area contributed by atoms with Crippen molar-refractivity contribution in [1.82, 2.24) is 16.0 Å². The first-order valence-corrected chi connectivity index (χ1v) is 15.2. The van der Waals surface area contributed by atoms with Crippen LogP contribution in [0.25, 0.3) is 0 Å². The Bertz CT molecular complexity index is 1510. The van der Waals surface area contributed by atoms with Crippen molar-refractivity contribution in [3.8, 4) is 5.75 Å². The molecule has 2 aliphatic rings. The number of rotatable bonds is 10. The number of nitrogens with zero attached hydrogens (tertiary/aromatic N) is 1. The second kappa shape index (κ2) is 14.8. The largest absolute Gasteiger partial charge is 0.489 e. The molecule has 15 heteroatoms. The fourth-order valence-corrected chi connectivity index (χ4v) is 5.43. The minimum Gasteiger partial charge on any atom is -0.489 e. The standard InChI is InChI=1S/C31H34Cl2N4O9/c1-31(2,3)46-30(43)36-21-15-44-24-10-5-4-9-22(24)37(28(21)41)14-25(39)35-20(13-17-11-12-34-27(17)40)23(38)16-45-29(42)26-18(32)7-6-8-19(26)33/h4-10,17,20-21H,11-16H2,1-3H3,(H,34,40)(H,35,39)(H,36,43)/t17-,20-,21-/m0/s1. The average molecular weight is 678 g/mol. The molecular weight excluding hydrogens is 643 g/mol. The number of halogens is 2. The second-order valence-corrected chi connectivity index (χ2v) is 12.5. The molecule has 0 radical (unpaired) electrons. The molecule has 0 aromatic heterocycles. The van der Waals surface area contributed by atoms with Gasteiger partial charge < -0.3 is 30.2 Å². The van der Waals surface area contributed by atoms with Crippen molar-refractivity contribution in [3.63, 3.8) is 0 Å². The van der Waals surface area contributed by atoms with Gasteiger partial charge in [-0.25, -0.2) is 9.59 Å². The summed E-state index contributed by atoms with van der Waals surface area (Å²) in [6.45, 7) is 3.87. The van der Waals surface area contributed by atoms with Gasteiger partial charge in [-0.2, -0.15) is 0 Å². The summed E-state index contributed by atoms with van der Waals surface area (Å²) in [6, 6.07) is 8.47. The number of hydrogen-bond acceptors (Lipinski definition) is 9. The minimum atomic E-state index is -1.25. The van der Waals surface area contributed by atoms with Crippen LogP contribution in [0.4, 0.5) is 10.5 Å². The summed E-state index contributed by atoms with van der Waals surface area (Å²) in [5.74, 6) is -3.62. The summed E-state index contributed by atoms with van der Waals surface area (Å²) < 4.78 is 16.2. The molecule has 4 amide bonds. The predicted molar refractivity (Wildman–Crippen MR) is 167 cm³/mol. The number of benzene rings is 2. The van der Waals surface area contributed by atoms with Crippen molar-refractivity contribution in [2.45, 2.75) is 51.3 Å². The monoisotopic (exact) mass is 676 g/mol. The summed E-state index contributed by atoms with van der Waals surface area (Å²) in [5.41, 5.74) is -0.684. The topological polar surface area (TPSA) is 169 Å². The Morgan fingerprint density at radius 2 is 1.76 bits per heavy atom. The highest BCUT2D eigenvalue weighted by molar-refractivity contribution is 6.39. The van der Waals surface area contributed by atoms with Crippen molar-refractivity contribution in [2.75, 3.05) is 31.2 Å². The predicted octanol–water partition coefficient (Wildman–Crippen LogP) is 3.05. The third kappa shape index (κ3) is 8.88. The third-order valence-corrected chi connectivity index (χ3v) is 7.67. The van der Waals surface area contributed by atoms with Gasteiger partial charge in [0.1, 0.15) is 30.5 Å². The zero-order valence-electron chi connectivity index (χ0n) is 25.4. The van der Waals surface area contributed by atoms with Crippen LogP contribution < -0.4 is 25.6 Å². The molecule has 2 aromatic carbocycles. The molecule has 2 aliphatic heterocycles. The molecule has 0 bridgehead atoms. The van der Waals surface area contributed by atoms with Gasteiger partial charge in [-0.1, -0.05) is 41.4 Å². The van der Waals surface area contributed by atoms with E-state index < -0.39 is 66.4 Å². The molecular formula is C31H34Cl2N4O9. The lowest BCUT2D eigenvalue weighted by molar-refractivity contribution is -0.130. The van der Waals surface area contributed by atoms with E-state index in [-0.39, 0.29) is 46.0 Å². The van der Waals surface area contributed by atoms with E-state index >= 15 is 0 Å². The van der Waals surface area contributed by atoms with Crippen LogP contribution in [0.2, 0.25) is 10.0 Å². The van der Waals surface area contributed by atoms with Gasteiger partial charge in [0.2, 0.25) is 11.8 Å². The Morgan fingerprint density at radius 1 is 1.07 bits per heavy atom. The number of fused-ring (bicyclic) bond motifs is 1. The Hall–Kier alpha value is -4.36. The minimum absolute atomic E-state index is 0.0308. The van der Waals surface area contributed by atoms with Gasteiger partial charge in [0.25, 0.3) is 5.91 Å². The van der Waals surface area contributed by atoms with E-state index in [0.29, 0.717) is 13.0 Å². The van der Waals surface area contributed by atoms with Crippen LogP contribution in [-0.4, -0.2) is 79.6 Å². The molecule has 13 nitrogen and oxygen atoms in total. The number of carbonyl (C=O) groups is 6. The molecule has 1 saturated heterocycles. The molecule has 0 spiro atoms. The summed E-state index contributed by atoms with van der Waals surface area (Å²) in [5, 5.41) is 7.83. The lowest BCUT2D eigenvalue weighted by atomic mass is 9.96. The Balaban J connectivity index is 1.50. The summed E-state index contributed by atoms with van der Waals surface area (Å²) >= 11 is 12.2. The molecule has 1 fully saturated rings. The van der Waals surface area contributed by atoms with E-state index in [4.69, 9.17) is 37.4 Å². The number of hydrogen-bond donors (Lipinski definition) is 3. The molecule has 246 valence electrons. The fraction of sp³-hybridized carbons (Fsp3) is 0.419. The van der Waals surface area contributed by atoms with Gasteiger partial charge in [-0.05, 0) is 57.9 Å². The van der Waals surface area contributed by atoms with Crippen LogP contribution >= 0.6 is 23.2 Å². The quantitative estimate of drug-likeness (QED) is 0.320. The van der Waals surface area contributed by atoms with Crippen molar-refractivity contribution in [3.05, 3.63) is 58.1 Å². The van der Waals surface area contributed by atoms with Gasteiger partial charge in [0.05, 0.1) is 27.3 Å². The molecule has 46 heavy (non-hydrogen) atoms. The van der Waals surface area contributed by atoms with Crippen LogP contribution in [0.15, 0.2) is 42.5 Å². The average Bonchev–Trinajstić information content (AvgIpc) is 3.33. The first kappa shape index (κ1) is 34.5. The molecule has 0 aliphatic carbocycles. The summed E-state index contributed by atoms with van der Waals surface area (Å²) in [4.78, 5) is 79.0. The highest BCUT2D eigenvalue weighted by Crippen LogP contribution is 2.31. The highest BCUT2D eigenvalue weighted by Gasteiger charge is 2.36. The van der Waals surface area contributed by atoms with Crippen molar-refractivity contribution in [1.29, 1.82) is 0 Å². The number of carbonyl (C=O) groups excluding carboxylic acids is 6. The number of ketones is 1. The van der Waals surface area contributed by atoms with Crippen molar-refractivity contribution in [2.24, 2.45) is 5.92 Å². The van der Waals surface area contributed by atoms with Gasteiger partial charge in [-0.15, -0.1) is 0 Å². The number of amides is 4. The van der Waals surface area contributed by atoms with Crippen LogP contribution in [0.5, 0.6) is 5.75 Å². The number of anilines is 1. The van der Waals surface area contributed by atoms with E-state index in [9.17, 15) is 28.8 Å². The summed E-state index contributed by atoms with van der Waals surface area (Å²) in [6.07, 6.45) is -0.490. The van der Waals surface area contributed by atoms with Crippen LogP contribution in [-0.2, 0) is 28.7 Å². The maximum atomic E-state index is 13.7. The van der Waals surface area contributed by atoms with E-state index in [0.717, 1.165) is 4.90 Å². The van der Waals surface area contributed by atoms with Crippen LogP contribution in [0.3, 0.4) is 0 Å². The third-order valence-electron chi connectivity index (χ3n) is 7.04. The SMILES string of the molecule is CC(C)(C)OC(=O)N[C@H]1COc2ccccc2N(CC(=O)N[C@@H](C[C@@H]2CCNC2=O)C(=O)COC(=O)c2c(Cl)cccc2Cl)C1=O. The van der Waals surface area contributed by atoms with E-state index in [1.165, 1.54) is 12.1 Å². The van der Waals surface area contributed by atoms with Gasteiger partial charge in [0.15, 0.2) is 12.4 Å². The number of ether oxygens (including phenoxy) is 3. The normalized spacial score (nSPS) is 18.3. The molecule has 3 atom stereocenters. The van der Waals surface area contributed by atoms with Crippen LogP contribution in [0, 0.1) is 5.92 Å². The molecule has 2 aromatic rings. The van der Waals surface area contributed by atoms with Gasteiger partial charge in [-0.3, -0.25) is 24.1 Å². The van der Waals surface area contributed by atoms with E-state index in [1.807, 2.05) is 0 Å². The van der Waals surface area contributed by atoms with Gasteiger partial charge in [0, 0.05) is 12.5 Å². The number of nitrogens with one attached hydrogen (secondary N) is 3. The Morgan fingerprint density at radius 3 is 2.41 bits per heavy atom. The fourth-order valence-electron chi connectivity index (χ4n) is 4.88. The van der Waals surface area contributed by atoms with Crippen molar-refractivity contribution >= 4 is 64.5 Å². The molecule has 2 heterocycles. The maximum absolute atomic E-state index is 13.7. The van der Waals surface area contributed by atoms with E-state index in [1.54, 1.807) is 51.1 Å². The Kier molecular flexibility index (Phi) is 11.1. The highest BCUT2D eigenvalue weighted by atomic mass is 35.5. The number of alkyl carbamates (subject to hydrolysis) is 1. The number of esters is 1. The Labute approximate surface area is 275 Å².